The van der Waals surface area contributed by atoms with Crippen molar-refractivity contribution in [2.24, 2.45) is 5.41 Å². The van der Waals surface area contributed by atoms with Gasteiger partial charge in [0.15, 0.2) is 5.82 Å². The van der Waals surface area contributed by atoms with Gasteiger partial charge in [-0.15, -0.1) is 0 Å². The van der Waals surface area contributed by atoms with Gasteiger partial charge in [0.25, 0.3) is 0 Å². The van der Waals surface area contributed by atoms with Gasteiger partial charge in [-0.2, -0.15) is 4.98 Å². The number of aryl methyl sites for hydroxylation is 1. The van der Waals surface area contributed by atoms with Gasteiger partial charge in [0.1, 0.15) is 0 Å². The van der Waals surface area contributed by atoms with E-state index < -0.39 is 10.0 Å². The quantitative estimate of drug-likeness (QED) is 0.709. The van der Waals surface area contributed by atoms with Crippen LogP contribution in [0.3, 0.4) is 0 Å². The molecule has 0 radical (unpaired) electrons. The second-order valence-electron chi connectivity index (χ2n) is 8.43. The molecular weight excluding hydrogens is 382 g/mol. The average molecular weight is 412 g/mol. The Hall–Kier alpha value is -1.52. The Bertz CT molecular complexity index is 840. The standard InChI is InChI=1S/C18H29N5O4S/c1-4-28(25,26)23-9-16(17-19-13(2)20-27-17)18(12-23)10-22(11-18)15-5-7-21(8-6-15)14(3)24/h15-16H,4-12H2,1-3H3. The van der Waals surface area contributed by atoms with Crippen LogP contribution in [-0.4, -0.2) is 89.6 Å². The summed E-state index contributed by atoms with van der Waals surface area (Å²) in [6.45, 7) is 9.27. The zero-order chi connectivity index (χ0) is 20.1. The SMILES string of the molecule is CCS(=O)(=O)N1CC(c2nc(C)no2)C2(CN(C3CCN(C(C)=O)CC3)C2)C1. The molecule has 1 aromatic heterocycles. The maximum absolute atomic E-state index is 12.5. The van der Waals surface area contributed by atoms with E-state index in [0.29, 0.717) is 30.8 Å². The highest BCUT2D eigenvalue weighted by Crippen LogP contribution is 2.50. The molecule has 4 heterocycles. The maximum Gasteiger partial charge on any atom is 0.231 e. The number of carbonyl (C=O) groups excluding carboxylic acids is 1. The number of nitrogens with zero attached hydrogens (tertiary/aromatic N) is 5. The predicted octanol–water partition coefficient (Wildman–Crippen LogP) is 0.440. The number of sulfonamides is 1. The van der Waals surface area contributed by atoms with Crippen molar-refractivity contribution in [1.29, 1.82) is 0 Å². The van der Waals surface area contributed by atoms with Crippen molar-refractivity contribution < 1.29 is 17.7 Å². The summed E-state index contributed by atoms with van der Waals surface area (Å²) in [5.41, 5.74) is -0.168. The second kappa shape index (κ2) is 7.07. The lowest BCUT2D eigenvalue weighted by Gasteiger charge is -2.54. The molecule has 3 fully saturated rings. The van der Waals surface area contributed by atoms with E-state index in [4.69, 9.17) is 4.52 Å². The van der Waals surface area contributed by atoms with E-state index in [1.807, 2.05) is 4.90 Å². The van der Waals surface area contributed by atoms with Crippen molar-refractivity contribution in [3.8, 4) is 0 Å². The van der Waals surface area contributed by atoms with Gasteiger partial charge in [0.05, 0.1) is 11.7 Å². The molecule has 1 aromatic rings. The molecule has 1 unspecified atom stereocenters. The summed E-state index contributed by atoms with van der Waals surface area (Å²) in [6, 6.07) is 0.447. The molecule has 1 spiro atoms. The Labute approximate surface area is 166 Å². The average Bonchev–Trinajstić information content (AvgIpc) is 3.24. The van der Waals surface area contributed by atoms with Crippen LogP contribution in [0.25, 0.3) is 0 Å². The van der Waals surface area contributed by atoms with E-state index in [2.05, 4.69) is 15.0 Å². The molecule has 4 rings (SSSR count). The molecule has 28 heavy (non-hydrogen) atoms. The van der Waals surface area contributed by atoms with Crippen LogP contribution in [0.2, 0.25) is 0 Å². The van der Waals surface area contributed by atoms with E-state index in [9.17, 15) is 13.2 Å². The van der Waals surface area contributed by atoms with Gasteiger partial charge >= 0.3 is 0 Å². The Morgan fingerprint density at radius 1 is 1.25 bits per heavy atom. The minimum Gasteiger partial charge on any atom is -0.343 e. The van der Waals surface area contributed by atoms with Gasteiger partial charge in [-0.05, 0) is 26.7 Å². The summed E-state index contributed by atoms with van der Waals surface area (Å²) in [5.74, 6) is 1.31. The number of hydrogen-bond donors (Lipinski definition) is 0. The van der Waals surface area contributed by atoms with Crippen LogP contribution < -0.4 is 0 Å². The molecule has 3 saturated heterocycles. The predicted molar refractivity (Wildman–Crippen MR) is 102 cm³/mol. The van der Waals surface area contributed by atoms with Crippen molar-refractivity contribution >= 4 is 15.9 Å². The molecule has 1 atom stereocenters. The molecular formula is C18H29N5O4S. The first-order chi connectivity index (χ1) is 13.2. The highest BCUT2D eigenvalue weighted by Gasteiger charge is 2.59. The second-order valence-corrected chi connectivity index (χ2v) is 10.7. The van der Waals surface area contributed by atoms with Crippen molar-refractivity contribution in [2.75, 3.05) is 45.0 Å². The molecule has 0 bridgehead atoms. The monoisotopic (exact) mass is 411 g/mol. The van der Waals surface area contributed by atoms with Gasteiger partial charge in [-0.1, -0.05) is 5.16 Å². The Kier molecular flexibility index (Phi) is 4.99. The molecule has 9 nitrogen and oxygen atoms in total. The highest BCUT2D eigenvalue weighted by atomic mass is 32.2. The first kappa shape index (κ1) is 19.8. The molecule has 1 amide bonds. The molecule has 0 aliphatic carbocycles. The summed E-state index contributed by atoms with van der Waals surface area (Å²) in [4.78, 5) is 20.3. The minimum atomic E-state index is -3.26. The number of carbonyl (C=O) groups is 1. The third-order valence-corrected chi connectivity index (χ3v) is 8.47. The summed E-state index contributed by atoms with van der Waals surface area (Å²) in [5, 5.41) is 3.92. The zero-order valence-corrected chi connectivity index (χ0v) is 17.6. The van der Waals surface area contributed by atoms with E-state index >= 15 is 0 Å². The van der Waals surface area contributed by atoms with Crippen LogP contribution >= 0.6 is 0 Å². The van der Waals surface area contributed by atoms with Crippen molar-refractivity contribution in [3.63, 3.8) is 0 Å². The number of piperidine rings is 1. The first-order valence-corrected chi connectivity index (χ1v) is 11.6. The van der Waals surface area contributed by atoms with E-state index in [0.717, 1.165) is 39.0 Å². The molecule has 156 valence electrons. The number of amides is 1. The maximum atomic E-state index is 12.5. The van der Waals surface area contributed by atoms with Crippen LogP contribution in [0.15, 0.2) is 4.52 Å². The molecule has 0 saturated carbocycles. The number of aromatic nitrogens is 2. The third kappa shape index (κ3) is 3.35. The lowest BCUT2D eigenvalue weighted by molar-refractivity contribution is -0.131. The van der Waals surface area contributed by atoms with Crippen LogP contribution in [0, 0.1) is 12.3 Å². The van der Waals surface area contributed by atoms with E-state index in [1.54, 1.807) is 25.1 Å². The fourth-order valence-electron chi connectivity index (χ4n) is 5.00. The number of rotatable bonds is 4. The molecule has 10 heteroatoms. The first-order valence-electron chi connectivity index (χ1n) is 10.0. The summed E-state index contributed by atoms with van der Waals surface area (Å²) < 4.78 is 32.1. The molecule has 3 aliphatic rings. The van der Waals surface area contributed by atoms with Crippen molar-refractivity contribution in [3.05, 3.63) is 11.7 Å². The minimum absolute atomic E-state index is 0.0661. The normalized spacial score (nSPS) is 26.7. The van der Waals surface area contributed by atoms with Crippen LogP contribution in [0.1, 0.15) is 44.3 Å². The van der Waals surface area contributed by atoms with Crippen LogP contribution in [-0.2, 0) is 14.8 Å². The van der Waals surface area contributed by atoms with Gasteiger partial charge in [-0.3, -0.25) is 9.69 Å². The zero-order valence-electron chi connectivity index (χ0n) is 16.8. The van der Waals surface area contributed by atoms with Crippen LogP contribution in [0.4, 0.5) is 0 Å². The lowest BCUT2D eigenvalue weighted by atomic mass is 9.70. The topological polar surface area (TPSA) is 99.8 Å². The number of likely N-dealkylation sites (tertiary alicyclic amines) is 2. The Balaban J connectivity index is 1.48. The fraction of sp³-hybridized carbons (Fsp3) is 0.833. The van der Waals surface area contributed by atoms with Gasteiger partial charge in [-0.25, -0.2) is 12.7 Å². The highest BCUT2D eigenvalue weighted by molar-refractivity contribution is 7.89. The van der Waals surface area contributed by atoms with Crippen molar-refractivity contribution in [2.45, 2.75) is 45.6 Å². The van der Waals surface area contributed by atoms with E-state index in [1.165, 1.54) is 0 Å². The number of hydrogen-bond acceptors (Lipinski definition) is 7. The largest absolute Gasteiger partial charge is 0.343 e. The van der Waals surface area contributed by atoms with Gasteiger partial charge in [0, 0.05) is 57.6 Å². The van der Waals surface area contributed by atoms with Gasteiger partial charge < -0.3 is 9.42 Å². The Morgan fingerprint density at radius 2 is 1.93 bits per heavy atom. The molecule has 0 aromatic carbocycles. The molecule has 3 aliphatic heterocycles. The third-order valence-electron chi connectivity index (χ3n) is 6.68. The van der Waals surface area contributed by atoms with Crippen molar-refractivity contribution in [1.82, 2.24) is 24.2 Å². The van der Waals surface area contributed by atoms with Gasteiger partial charge in [0.2, 0.25) is 21.8 Å². The lowest BCUT2D eigenvalue weighted by Crippen LogP contribution is -2.64. The summed E-state index contributed by atoms with van der Waals surface area (Å²) >= 11 is 0. The smallest absolute Gasteiger partial charge is 0.231 e. The Morgan fingerprint density at radius 3 is 2.46 bits per heavy atom. The van der Waals surface area contributed by atoms with Crippen LogP contribution in [0.5, 0.6) is 0 Å². The summed E-state index contributed by atoms with van der Waals surface area (Å²) in [6.07, 6.45) is 1.94. The molecule has 0 N–H and O–H groups in total. The van der Waals surface area contributed by atoms with E-state index in [-0.39, 0.29) is 23.0 Å². The fourth-order valence-corrected chi connectivity index (χ4v) is 6.19. The summed E-state index contributed by atoms with van der Waals surface area (Å²) in [7, 11) is -3.26.